The Bertz CT molecular complexity index is 550. The summed E-state index contributed by atoms with van der Waals surface area (Å²) in [6.45, 7) is 2.07. The summed E-state index contributed by atoms with van der Waals surface area (Å²) >= 11 is 3.74. The first-order valence-electron chi connectivity index (χ1n) is 4.92. The SMILES string of the molecule is Cc1c(I)cccc1C=NNc1nc(N)cs1. The van der Waals surface area contributed by atoms with Gasteiger partial charge in [-0.1, -0.05) is 12.1 Å². The van der Waals surface area contributed by atoms with E-state index in [0.717, 1.165) is 5.56 Å². The van der Waals surface area contributed by atoms with Gasteiger partial charge in [0, 0.05) is 8.95 Å². The molecule has 0 fully saturated rings. The van der Waals surface area contributed by atoms with Gasteiger partial charge in [-0.25, -0.2) is 4.98 Å². The zero-order valence-corrected chi connectivity index (χ0v) is 12.1. The lowest BCUT2D eigenvalue weighted by atomic mass is 10.1. The van der Waals surface area contributed by atoms with Crippen LogP contribution in [0.3, 0.4) is 0 Å². The Kier molecular flexibility index (Phi) is 3.95. The number of nitrogens with one attached hydrogen (secondary N) is 1. The lowest BCUT2D eigenvalue weighted by Crippen LogP contribution is -1.94. The monoisotopic (exact) mass is 358 g/mol. The van der Waals surface area contributed by atoms with E-state index >= 15 is 0 Å². The Labute approximate surface area is 117 Å². The first kappa shape index (κ1) is 12.3. The average Bonchev–Trinajstić information content (AvgIpc) is 2.70. The van der Waals surface area contributed by atoms with E-state index in [2.05, 4.69) is 51.1 Å². The van der Waals surface area contributed by atoms with E-state index in [4.69, 9.17) is 5.73 Å². The van der Waals surface area contributed by atoms with Gasteiger partial charge in [-0.05, 0) is 46.7 Å². The number of thiazole rings is 1. The maximum atomic E-state index is 5.51. The molecule has 0 aliphatic rings. The highest BCUT2D eigenvalue weighted by Gasteiger charge is 1.99. The molecule has 0 radical (unpaired) electrons. The standard InChI is InChI=1S/C11H11IN4S/c1-7-8(3-2-4-9(7)12)5-14-16-11-15-10(13)6-17-11/h2-6H,13H2,1H3,(H,15,16). The van der Waals surface area contributed by atoms with Crippen LogP contribution in [-0.4, -0.2) is 11.2 Å². The van der Waals surface area contributed by atoms with Crippen LogP contribution >= 0.6 is 33.9 Å². The molecule has 0 atom stereocenters. The van der Waals surface area contributed by atoms with Crippen LogP contribution in [0.1, 0.15) is 11.1 Å². The fourth-order valence-electron chi connectivity index (χ4n) is 1.26. The molecule has 4 nitrogen and oxygen atoms in total. The number of nitrogen functional groups attached to an aromatic ring is 1. The molecule has 1 aromatic carbocycles. The summed E-state index contributed by atoms with van der Waals surface area (Å²) in [5.74, 6) is 0.512. The number of nitrogens with zero attached hydrogens (tertiary/aromatic N) is 2. The molecule has 2 aromatic rings. The highest BCUT2D eigenvalue weighted by Crippen LogP contribution is 2.17. The largest absolute Gasteiger partial charge is 0.383 e. The summed E-state index contributed by atoms with van der Waals surface area (Å²) in [7, 11) is 0. The molecule has 1 heterocycles. The van der Waals surface area contributed by atoms with Crippen LogP contribution in [-0.2, 0) is 0 Å². The third kappa shape index (κ3) is 3.16. The zero-order valence-electron chi connectivity index (χ0n) is 9.14. The third-order valence-electron chi connectivity index (χ3n) is 2.20. The maximum absolute atomic E-state index is 5.51. The van der Waals surface area contributed by atoms with E-state index < -0.39 is 0 Å². The van der Waals surface area contributed by atoms with Crippen LogP contribution < -0.4 is 11.2 Å². The minimum atomic E-state index is 0.512. The molecule has 2 rings (SSSR count). The van der Waals surface area contributed by atoms with Gasteiger partial charge in [-0.15, -0.1) is 11.3 Å². The molecule has 3 N–H and O–H groups in total. The van der Waals surface area contributed by atoms with Crippen LogP contribution in [0, 0.1) is 10.5 Å². The molecule has 0 amide bonds. The molecule has 1 aromatic heterocycles. The van der Waals surface area contributed by atoms with Crippen LogP contribution in [0.25, 0.3) is 0 Å². The molecule has 0 spiro atoms. The van der Waals surface area contributed by atoms with E-state index in [1.54, 1.807) is 11.6 Å². The predicted octanol–water partition coefficient (Wildman–Crippen LogP) is 3.08. The minimum absolute atomic E-state index is 0.512. The Hall–Kier alpha value is -1.15. The molecule has 0 saturated carbocycles. The summed E-state index contributed by atoms with van der Waals surface area (Å²) in [5, 5.41) is 6.61. The van der Waals surface area contributed by atoms with E-state index in [1.807, 2.05) is 12.1 Å². The van der Waals surface area contributed by atoms with Crippen molar-refractivity contribution in [3.05, 3.63) is 38.3 Å². The molecule has 0 saturated heterocycles. The van der Waals surface area contributed by atoms with E-state index in [1.165, 1.54) is 20.5 Å². The second-order valence-electron chi connectivity index (χ2n) is 3.40. The van der Waals surface area contributed by atoms with Gasteiger partial charge >= 0.3 is 0 Å². The van der Waals surface area contributed by atoms with Gasteiger partial charge in [-0.3, -0.25) is 5.43 Å². The topological polar surface area (TPSA) is 63.3 Å². The quantitative estimate of drug-likeness (QED) is 0.504. The van der Waals surface area contributed by atoms with Gasteiger partial charge in [0.05, 0.1) is 6.21 Å². The number of benzene rings is 1. The number of anilines is 2. The predicted molar refractivity (Wildman–Crippen MR) is 81.6 cm³/mol. The molecule has 0 aliphatic carbocycles. The van der Waals surface area contributed by atoms with Gasteiger partial charge in [0.25, 0.3) is 0 Å². The van der Waals surface area contributed by atoms with Crippen LogP contribution in [0.4, 0.5) is 10.9 Å². The van der Waals surface area contributed by atoms with Gasteiger partial charge in [0.1, 0.15) is 5.82 Å². The first-order valence-corrected chi connectivity index (χ1v) is 6.88. The van der Waals surface area contributed by atoms with E-state index in [-0.39, 0.29) is 0 Å². The van der Waals surface area contributed by atoms with Crippen LogP contribution in [0.5, 0.6) is 0 Å². The highest BCUT2D eigenvalue weighted by atomic mass is 127. The van der Waals surface area contributed by atoms with Gasteiger partial charge in [0.2, 0.25) is 5.13 Å². The number of rotatable bonds is 3. The van der Waals surface area contributed by atoms with Crippen molar-refractivity contribution in [2.45, 2.75) is 6.92 Å². The normalized spacial score (nSPS) is 10.9. The maximum Gasteiger partial charge on any atom is 0.205 e. The summed E-state index contributed by atoms with van der Waals surface area (Å²) in [5.41, 5.74) is 10.7. The number of hydrogen-bond acceptors (Lipinski definition) is 5. The fraction of sp³-hybridized carbons (Fsp3) is 0.0909. The third-order valence-corrected chi connectivity index (χ3v) is 4.13. The van der Waals surface area contributed by atoms with E-state index in [9.17, 15) is 0 Å². The minimum Gasteiger partial charge on any atom is -0.383 e. The lowest BCUT2D eigenvalue weighted by molar-refractivity contribution is 1.29. The Morgan fingerprint density at radius 3 is 3.06 bits per heavy atom. The molecular weight excluding hydrogens is 347 g/mol. The number of nitrogens with two attached hydrogens (primary N) is 1. The van der Waals surface area contributed by atoms with Gasteiger partial charge in [-0.2, -0.15) is 5.10 Å². The highest BCUT2D eigenvalue weighted by molar-refractivity contribution is 14.1. The number of hydrazone groups is 1. The van der Waals surface area contributed by atoms with Crippen molar-refractivity contribution in [3.63, 3.8) is 0 Å². The van der Waals surface area contributed by atoms with Crippen molar-refractivity contribution in [1.82, 2.24) is 4.98 Å². The second kappa shape index (κ2) is 5.46. The number of hydrogen-bond donors (Lipinski definition) is 2. The smallest absolute Gasteiger partial charge is 0.205 e. The molecule has 17 heavy (non-hydrogen) atoms. The lowest BCUT2D eigenvalue weighted by Gasteiger charge is -2.01. The number of halogens is 1. The van der Waals surface area contributed by atoms with Crippen molar-refractivity contribution in [2.24, 2.45) is 5.10 Å². The van der Waals surface area contributed by atoms with Crippen molar-refractivity contribution in [3.8, 4) is 0 Å². The summed E-state index contributed by atoms with van der Waals surface area (Å²) in [6.07, 6.45) is 1.79. The molecular formula is C11H11IN4S. The second-order valence-corrected chi connectivity index (χ2v) is 5.42. The van der Waals surface area contributed by atoms with Crippen molar-refractivity contribution in [1.29, 1.82) is 0 Å². The molecule has 0 aliphatic heterocycles. The first-order chi connectivity index (χ1) is 8.16. The molecule has 0 unspecified atom stereocenters. The van der Waals surface area contributed by atoms with Crippen LogP contribution in [0.2, 0.25) is 0 Å². The summed E-state index contributed by atoms with van der Waals surface area (Å²) < 4.78 is 1.23. The summed E-state index contributed by atoms with van der Waals surface area (Å²) in [4.78, 5) is 4.05. The summed E-state index contributed by atoms with van der Waals surface area (Å²) in [6, 6.07) is 6.11. The molecule has 88 valence electrons. The Balaban J connectivity index is 2.08. The zero-order chi connectivity index (χ0) is 12.3. The fourth-order valence-corrected chi connectivity index (χ4v) is 2.33. The van der Waals surface area contributed by atoms with Crippen LogP contribution in [0.15, 0.2) is 28.7 Å². The molecule has 0 bridgehead atoms. The van der Waals surface area contributed by atoms with E-state index in [0.29, 0.717) is 10.9 Å². The van der Waals surface area contributed by atoms with Crippen molar-refractivity contribution in [2.75, 3.05) is 11.2 Å². The Morgan fingerprint density at radius 1 is 1.53 bits per heavy atom. The van der Waals surface area contributed by atoms with Crippen molar-refractivity contribution >= 4 is 51.1 Å². The number of aromatic nitrogens is 1. The Morgan fingerprint density at radius 2 is 2.35 bits per heavy atom. The van der Waals surface area contributed by atoms with Gasteiger partial charge < -0.3 is 5.73 Å². The molecule has 6 heteroatoms. The van der Waals surface area contributed by atoms with Gasteiger partial charge in [0.15, 0.2) is 0 Å². The van der Waals surface area contributed by atoms with Crippen molar-refractivity contribution < 1.29 is 0 Å². The average molecular weight is 358 g/mol.